The third-order valence-corrected chi connectivity index (χ3v) is 2.22. The van der Waals surface area contributed by atoms with Gasteiger partial charge in [0, 0.05) is 13.1 Å². The van der Waals surface area contributed by atoms with Gasteiger partial charge in [0.25, 0.3) is 0 Å². The van der Waals surface area contributed by atoms with Gasteiger partial charge >= 0.3 is 0 Å². The number of hydrogen-bond donors (Lipinski definition) is 1. The van der Waals surface area contributed by atoms with Crippen LogP contribution in [-0.2, 0) is 9.53 Å². The summed E-state index contributed by atoms with van der Waals surface area (Å²) in [5.41, 5.74) is 0. The molecule has 2 heterocycles. The van der Waals surface area contributed by atoms with E-state index >= 15 is 0 Å². The zero-order valence-corrected chi connectivity index (χ0v) is 7.02. The number of carbonyl (C=O) groups is 1. The van der Waals surface area contributed by atoms with Gasteiger partial charge in [0.1, 0.15) is 5.78 Å². The number of fused-ring (bicyclic) bond motifs is 2. The van der Waals surface area contributed by atoms with Crippen molar-refractivity contribution in [1.82, 2.24) is 5.32 Å². The van der Waals surface area contributed by atoms with Crippen LogP contribution in [0.5, 0.6) is 0 Å². The van der Waals surface area contributed by atoms with Crippen molar-refractivity contribution in [1.29, 1.82) is 0 Å². The Labute approximate surface area is 71.9 Å². The highest BCUT2D eigenvalue weighted by Crippen LogP contribution is 2.17. The number of carbonyl (C=O) groups excluding carboxylic acids is 1. The molecule has 2 atom stereocenters. The van der Waals surface area contributed by atoms with Gasteiger partial charge in [-0.15, -0.1) is 12.4 Å². The maximum atomic E-state index is 11.3. The molecule has 2 bridgehead atoms. The lowest BCUT2D eigenvalue weighted by molar-refractivity contribution is -0.139. The molecule has 64 valence electrons. The largest absolute Gasteiger partial charge is 0.380 e. The number of Topliss-reactive ketones (excluding diaryl/α,β-unsaturated/α-hetero) is 1. The molecule has 0 saturated carbocycles. The first-order chi connectivity index (χ1) is 4.88. The summed E-state index contributed by atoms with van der Waals surface area (Å²) in [5.74, 6) is 0.699. The highest BCUT2D eigenvalue weighted by atomic mass is 35.5. The lowest BCUT2D eigenvalue weighted by Gasteiger charge is -2.33. The van der Waals surface area contributed by atoms with E-state index < -0.39 is 0 Å². The first-order valence-corrected chi connectivity index (χ1v) is 3.70. The van der Waals surface area contributed by atoms with Crippen LogP contribution in [0, 0.1) is 11.8 Å². The number of ketones is 1. The summed E-state index contributed by atoms with van der Waals surface area (Å²) < 4.78 is 5.25. The predicted molar refractivity (Wildman–Crippen MR) is 42.9 cm³/mol. The monoisotopic (exact) mass is 177 g/mol. The van der Waals surface area contributed by atoms with Crippen molar-refractivity contribution in [3.8, 4) is 0 Å². The molecular weight excluding hydrogens is 166 g/mol. The van der Waals surface area contributed by atoms with Crippen molar-refractivity contribution in [2.24, 2.45) is 11.8 Å². The molecule has 11 heavy (non-hydrogen) atoms. The molecule has 0 aromatic heterocycles. The van der Waals surface area contributed by atoms with E-state index in [1.54, 1.807) is 0 Å². The van der Waals surface area contributed by atoms with Crippen LogP contribution in [0.15, 0.2) is 0 Å². The average Bonchev–Trinajstić information content (AvgIpc) is 1.86. The van der Waals surface area contributed by atoms with Crippen LogP contribution in [-0.4, -0.2) is 32.1 Å². The summed E-state index contributed by atoms with van der Waals surface area (Å²) in [6.45, 7) is 2.88. The molecule has 0 spiro atoms. The lowest BCUT2D eigenvalue weighted by atomic mass is 9.88. The molecule has 2 aliphatic heterocycles. The highest BCUT2D eigenvalue weighted by molar-refractivity contribution is 5.85. The molecule has 0 aromatic carbocycles. The second kappa shape index (κ2) is 3.52. The molecule has 1 N–H and O–H groups in total. The zero-order valence-electron chi connectivity index (χ0n) is 6.21. The third kappa shape index (κ3) is 1.55. The van der Waals surface area contributed by atoms with Gasteiger partial charge in [0.05, 0.1) is 25.0 Å². The predicted octanol–water partition coefficient (Wildman–Crippen LogP) is -0.157. The van der Waals surface area contributed by atoms with Gasteiger partial charge in [-0.05, 0) is 0 Å². The summed E-state index contributed by atoms with van der Waals surface area (Å²) in [6, 6.07) is 0. The van der Waals surface area contributed by atoms with E-state index in [0.29, 0.717) is 19.0 Å². The quantitative estimate of drug-likeness (QED) is 0.559. The van der Waals surface area contributed by atoms with Crippen LogP contribution >= 0.6 is 12.4 Å². The minimum absolute atomic E-state index is 0. The van der Waals surface area contributed by atoms with Crippen LogP contribution in [0.3, 0.4) is 0 Å². The summed E-state index contributed by atoms with van der Waals surface area (Å²) in [4.78, 5) is 11.3. The Hall–Kier alpha value is -0.120. The Balaban J connectivity index is 0.000000605. The molecule has 0 aromatic rings. The fourth-order valence-corrected chi connectivity index (χ4v) is 1.60. The fourth-order valence-electron chi connectivity index (χ4n) is 1.60. The molecular formula is C7H12ClNO2. The molecule has 0 radical (unpaired) electrons. The highest BCUT2D eigenvalue weighted by Gasteiger charge is 2.34. The van der Waals surface area contributed by atoms with Gasteiger partial charge < -0.3 is 10.1 Å². The van der Waals surface area contributed by atoms with E-state index in [-0.39, 0.29) is 24.2 Å². The minimum Gasteiger partial charge on any atom is -0.380 e. The third-order valence-electron chi connectivity index (χ3n) is 2.22. The van der Waals surface area contributed by atoms with Crippen LogP contribution in [0.1, 0.15) is 0 Å². The van der Waals surface area contributed by atoms with Gasteiger partial charge in [-0.25, -0.2) is 0 Å². The van der Waals surface area contributed by atoms with E-state index in [4.69, 9.17) is 4.74 Å². The van der Waals surface area contributed by atoms with Crippen molar-refractivity contribution in [2.75, 3.05) is 26.3 Å². The van der Waals surface area contributed by atoms with Gasteiger partial charge in [-0.3, -0.25) is 4.79 Å². The number of nitrogens with one attached hydrogen (secondary N) is 1. The summed E-state index contributed by atoms with van der Waals surface area (Å²) >= 11 is 0. The minimum atomic E-state index is 0. The number of halogens is 1. The molecule has 3 nitrogen and oxygen atoms in total. The van der Waals surface area contributed by atoms with Crippen molar-refractivity contribution >= 4 is 18.2 Å². The van der Waals surface area contributed by atoms with Crippen LogP contribution in [0.4, 0.5) is 0 Å². The van der Waals surface area contributed by atoms with E-state index in [0.717, 1.165) is 13.1 Å². The Bertz CT molecular complexity index is 139. The summed E-state index contributed by atoms with van der Waals surface area (Å²) in [7, 11) is 0. The van der Waals surface area contributed by atoms with Crippen LogP contribution in [0.2, 0.25) is 0 Å². The number of ether oxygens (including phenoxy) is 1. The van der Waals surface area contributed by atoms with Crippen molar-refractivity contribution in [3.05, 3.63) is 0 Å². The summed E-state index contributed by atoms with van der Waals surface area (Å²) in [5, 5.41) is 3.22. The van der Waals surface area contributed by atoms with E-state index in [1.165, 1.54) is 0 Å². The maximum absolute atomic E-state index is 11.3. The van der Waals surface area contributed by atoms with E-state index in [2.05, 4.69) is 5.32 Å². The summed E-state index contributed by atoms with van der Waals surface area (Å²) in [6.07, 6.45) is 0. The molecule has 2 saturated heterocycles. The molecule has 2 aliphatic rings. The topological polar surface area (TPSA) is 38.3 Å². The Kier molecular flexibility index (Phi) is 2.87. The van der Waals surface area contributed by atoms with Gasteiger partial charge in [0.2, 0.25) is 0 Å². The molecule has 0 aliphatic carbocycles. The Morgan fingerprint density at radius 2 is 1.82 bits per heavy atom. The second-order valence-electron chi connectivity index (χ2n) is 2.99. The van der Waals surface area contributed by atoms with Crippen LogP contribution < -0.4 is 5.32 Å². The van der Waals surface area contributed by atoms with Crippen molar-refractivity contribution in [2.45, 2.75) is 0 Å². The zero-order chi connectivity index (χ0) is 6.97. The molecule has 2 rings (SSSR count). The Morgan fingerprint density at radius 1 is 1.27 bits per heavy atom. The average molecular weight is 178 g/mol. The Morgan fingerprint density at radius 3 is 2.27 bits per heavy atom. The second-order valence-corrected chi connectivity index (χ2v) is 2.99. The first-order valence-electron chi connectivity index (χ1n) is 3.70. The van der Waals surface area contributed by atoms with Crippen molar-refractivity contribution < 1.29 is 9.53 Å². The molecule has 2 fully saturated rings. The number of hydrogen-bond acceptors (Lipinski definition) is 3. The van der Waals surface area contributed by atoms with Crippen LogP contribution in [0.25, 0.3) is 0 Å². The van der Waals surface area contributed by atoms with Gasteiger partial charge in [0.15, 0.2) is 0 Å². The molecule has 4 heteroatoms. The van der Waals surface area contributed by atoms with Gasteiger partial charge in [-0.2, -0.15) is 0 Å². The molecule has 2 unspecified atom stereocenters. The van der Waals surface area contributed by atoms with Crippen molar-refractivity contribution in [3.63, 3.8) is 0 Å². The SMILES string of the molecule is Cl.O=C1C2CNCC1COC2. The maximum Gasteiger partial charge on any atom is 0.146 e. The normalized spacial score (nSPS) is 36.2. The first kappa shape index (κ1) is 8.97. The smallest absolute Gasteiger partial charge is 0.146 e. The number of piperidine rings is 1. The number of rotatable bonds is 0. The lowest BCUT2D eigenvalue weighted by Crippen LogP contribution is -2.51. The van der Waals surface area contributed by atoms with E-state index in [9.17, 15) is 4.79 Å². The van der Waals surface area contributed by atoms with Gasteiger partial charge in [-0.1, -0.05) is 0 Å². The van der Waals surface area contributed by atoms with E-state index in [1.807, 2.05) is 0 Å². The molecule has 0 amide bonds. The fraction of sp³-hybridized carbons (Fsp3) is 0.857. The standard InChI is InChI=1S/C7H11NO2.ClH/c9-7-5-1-8-2-6(7)4-10-3-5;/h5-6,8H,1-4H2;1H.